The number of aromatic nitrogens is 2. The van der Waals surface area contributed by atoms with Gasteiger partial charge in [0.1, 0.15) is 5.02 Å². The van der Waals surface area contributed by atoms with Gasteiger partial charge in [-0.1, -0.05) is 11.6 Å². The van der Waals surface area contributed by atoms with Crippen molar-refractivity contribution in [3.8, 4) is 0 Å². The molecule has 0 bridgehead atoms. The number of rotatable bonds is 3. The summed E-state index contributed by atoms with van der Waals surface area (Å²) in [6.45, 7) is 7.01. The summed E-state index contributed by atoms with van der Waals surface area (Å²) >= 11 is 5.94. The van der Waals surface area contributed by atoms with Crippen molar-refractivity contribution in [3.63, 3.8) is 0 Å². The number of nitrogens with one attached hydrogen (secondary N) is 1. The molecule has 0 aliphatic heterocycles. The molecular formula is C11H18ClN3O2. The maximum Gasteiger partial charge on any atom is 0.287 e. The van der Waals surface area contributed by atoms with Crippen molar-refractivity contribution in [3.05, 3.63) is 21.6 Å². The smallest absolute Gasteiger partial charge is 0.287 e. The van der Waals surface area contributed by atoms with E-state index in [-0.39, 0.29) is 10.6 Å². The molecule has 1 heterocycles. The van der Waals surface area contributed by atoms with Gasteiger partial charge in [0, 0.05) is 7.05 Å². The van der Waals surface area contributed by atoms with Crippen LogP contribution >= 0.6 is 11.6 Å². The van der Waals surface area contributed by atoms with E-state index in [0.717, 1.165) is 4.68 Å². The number of hydrogen-bond acceptors (Lipinski definition) is 4. The van der Waals surface area contributed by atoms with E-state index in [4.69, 9.17) is 11.6 Å². The summed E-state index contributed by atoms with van der Waals surface area (Å²) in [5.74, 6) is 0. The summed E-state index contributed by atoms with van der Waals surface area (Å²) in [7, 11) is 1.53. The molecular weight excluding hydrogens is 242 g/mol. The third kappa shape index (κ3) is 2.79. The molecule has 0 saturated carbocycles. The molecule has 0 spiro atoms. The lowest BCUT2D eigenvalue weighted by atomic mass is 9.86. The predicted octanol–water partition coefficient (Wildman–Crippen LogP) is 1.40. The van der Waals surface area contributed by atoms with Crippen LogP contribution in [0.25, 0.3) is 0 Å². The van der Waals surface area contributed by atoms with Gasteiger partial charge >= 0.3 is 0 Å². The first-order chi connectivity index (χ1) is 7.56. The first-order valence-corrected chi connectivity index (χ1v) is 5.66. The highest BCUT2D eigenvalue weighted by Gasteiger charge is 2.35. The minimum Gasteiger partial charge on any atom is -0.388 e. The molecule has 0 saturated heterocycles. The zero-order chi connectivity index (χ0) is 13.4. The molecule has 0 amide bonds. The topological polar surface area (TPSA) is 67.2 Å². The first-order valence-electron chi connectivity index (χ1n) is 5.28. The summed E-state index contributed by atoms with van der Waals surface area (Å²) in [6.07, 6.45) is 1.47. The van der Waals surface area contributed by atoms with Gasteiger partial charge in [0.2, 0.25) is 0 Å². The summed E-state index contributed by atoms with van der Waals surface area (Å²) in [5, 5.41) is 17.0. The van der Waals surface area contributed by atoms with Crippen LogP contribution in [0.5, 0.6) is 0 Å². The van der Waals surface area contributed by atoms with E-state index in [1.54, 1.807) is 13.8 Å². The van der Waals surface area contributed by atoms with E-state index in [1.807, 2.05) is 13.8 Å². The molecule has 0 radical (unpaired) electrons. The summed E-state index contributed by atoms with van der Waals surface area (Å²) in [6, 6.07) is 0. The van der Waals surface area contributed by atoms with Gasteiger partial charge in [-0.05, 0) is 27.7 Å². The van der Waals surface area contributed by atoms with Crippen molar-refractivity contribution >= 4 is 17.3 Å². The van der Waals surface area contributed by atoms with Crippen LogP contribution in [0.1, 0.15) is 27.7 Å². The van der Waals surface area contributed by atoms with Crippen LogP contribution in [0.2, 0.25) is 5.02 Å². The van der Waals surface area contributed by atoms with Crippen molar-refractivity contribution in [2.75, 3.05) is 5.32 Å². The molecule has 1 aromatic heterocycles. The van der Waals surface area contributed by atoms with Gasteiger partial charge in [0.25, 0.3) is 5.56 Å². The van der Waals surface area contributed by atoms with E-state index in [2.05, 4.69) is 10.4 Å². The van der Waals surface area contributed by atoms with E-state index >= 15 is 0 Å². The zero-order valence-electron chi connectivity index (χ0n) is 10.7. The van der Waals surface area contributed by atoms with E-state index in [0.29, 0.717) is 5.69 Å². The Kier molecular flexibility index (Phi) is 3.55. The molecule has 0 fully saturated rings. The number of anilines is 1. The number of aryl methyl sites for hydroxylation is 1. The molecule has 96 valence electrons. The lowest BCUT2D eigenvalue weighted by Crippen LogP contribution is -2.51. The van der Waals surface area contributed by atoms with Gasteiger partial charge in [-0.15, -0.1) is 0 Å². The number of hydrogen-bond donors (Lipinski definition) is 2. The second kappa shape index (κ2) is 4.31. The van der Waals surface area contributed by atoms with Gasteiger partial charge < -0.3 is 10.4 Å². The Labute approximate surface area is 105 Å². The first kappa shape index (κ1) is 14.0. The Balaban J connectivity index is 3.14. The normalized spacial score (nSPS) is 12.6. The standard InChI is InChI=1S/C11H18ClN3O2/c1-10(2,11(3,4)17)14-7-6-13-15(5)9(16)8(7)12/h6,14,17H,1-5H3. The monoisotopic (exact) mass is 259 g/mol. The third-order valence-electron chi connectivity index (χ3n) is 3.05. The minimum absolute atomic E-state index is 0.0693. The van der Waals surface area contributed by atoms with Crippen LogP contribution in [-0.4, -0.2) is 26.0 Å². The average molecular weight is 260 g/mol. The molecule has 0 aliphatic rings. The Morgan fingerprint density at radius 3 is 2.41 bits per heavy atom. The van der Waals surface area contributed by atoms with Crippen LogP contribution in [0.15, 0.2) is 11.0 Å². The Morgan fingerprint density at radius 1 is 1.41 bits per heavy atom. The van der Waals surface area contributed by atoms with Crippen molar-refractivity contribution in [1.82, 2.24) is 9.78 Å². The number of nitrogens with zero attached hydrogens (tertiary/aromatic N) is 2. The van der Waals surface area contributed by atoms with Crippen molar-refractivity contribution in [2.24, 2.45) is 7.05 Å². The maximum atomic E-state index is 11.6. The molecule has 17 heavy (non-hydrogen) atoms. The predicted molar refractivity (Wildman–Crippen MR) is 68.5 cm³/mol. The van der Waals surface area contributed by atoms with Gasteiger partial charge in [-0.3, -0.25) is 4.79 Å². The molecule has 2 N–H and O–H groups in total. The number of halogens is 1. The van der Waals surface area contributed by atoms with Gasteiger partial charge in [0.15, 0.2) is 0 Å². The summed E-state index contributed by atoms with van der Waals surface area (Å²) in [4.78, 5) is 11.6. The second-order valence-corrected chi connectivity index (χ2v) is 5.49. The van der Waals surface area contributed by atoms with Crippen molar-refractivity contribution < 1.29 is 5.11 Å². The Morgan fingerprint density at radius 2 is 1.94 bits per heavy atom. The largest absolute Gasteiger partial charge is 0.388 e. The summed E-state index contributed by atoms with van der Waals surface area (Å²) < 4.78 is 1.16. The van der Waals surface area contributed by atoms with Crippen LogP contribution < -0.4 is 10.9 Å². The van der Waals surface area contributed by atoms with Crippen LogP contribution in [-0.2, 0) is 7.05 Å². The Bertz CT molecular complexity index is 475. The maximum absolute atomic E-state index is 11.6. The fraction of sp³-hybridized carbons (Fsp3) is 0.636. The fourth-order valence-corrected chi connectivity index (χ4v) is 1.31. The van der Waals surface area contributed by atoms with Crippen LogP contribution in [0, 0.1) is 0 Å². The minimum atomic E-state index is -0.975. The molecule has 0 aromatic carbocycles. The molecule has 1 rings (SSSR count). The highest BCUT2D eigenvalue weighted by Crippen LogP contribution is 2.27. The summed E-state index contributed by atoms with van der Waals surface area (Å²) in [5.41, 5.74) is -1.58. The second-order valence-electron chi connectivity index (χ2n) is 5.11. The van der Waals surface area contributed by atoms with Crippen molar-refractivity contribution in [2.45, 2.75) is 38.8 Å². The van der Waals surface area contributed by atoms with Crippen LogP contribution in [0.4, 0.5) is 5.69 Å². The van der Waals surface area contributed by atoms with Gasteiger partial charge in [0.05, 0.1) is 23.0 Å². The molecule has 5 nitrogen and oxygen atoms in total. The van der Waals surface area contributed by atoms with Crippen LogP contribution in [0.3, 0.4) is 0 Å². The van der Waals surface area contributed by atoms with E-state index < -0.39 is 11.1 Å². The quantitative estimate of drug-likeness (QED) is 0.861. The Hall–Kier alpha value is -1.07. The third-order valence-corrected chi connectivity index (χ3v) is 3.42. The highest BCUT2D eigenvalue weighted by atomic mass is 35.5. The number of aliphatic hydroxyl groups is 1. The highest BCUT2D eigenvalue weighted by molar-refractivity contribution is 6.32. The average Bonchev–Trinajstić information content (AvgIpc) is 2.17. The van der Waals surface area contributed by atoms with Gasteiger partial charge in [-0.25, -0.2) is 4.68 Å². The lowest BCUT2D eigenvalue weighted by molar-refractivity contribution is 0.0240. The van der Waals surface area contributed by atoms with Gasteiger partial charge in [-0.2, -0.15) is 5.10 Å². The SMILES string of the molecule is Cn1ncc(NC(C)(C)C(C)(C)O)c(Cl)c1=O. The molecule has 0 unspecified atom stereocenters. The zero-order valence-corrected chi connectivity index (χ0v) is 11.5. The lowest BCUT2D eigenvalue weighted by Gasteiger charge is -2.38. The molecule has 0 aliphatic carbocycles. The van der Waals surface area contributed by atoms with E-state index in [9.17, 15) is 9.90 Å². The van der Waals surface area contributed by atoms with Crippen molar-refractivity contribution in [1.29, 1.82) is 0 Å². The fourth-order valence-electron chi connectivity index (χ4n) is 1.09. The molecule has 0 atom stereocenters. The molecule has 1 aromatic rings. The van der Waals surface area contributed by atoms with E-state index in [1.165, 1.54) is 13.2 Å². The molecule has 6 heteroatoms.